The lowest BCUT2D eigenvalue weighted by atomic mass is 10.1. The summed E-state index contributed by atoms with van der Waals surface area (Å²) in [5.41, 5.74) is 0.0557. The van der Waals surface area contributed by atoms with E-state index in [0.29, 0.717) is 6.54 Å². The molecule has 21 heavy (non-hydrogen) atoms. The van der Waals surface area contributed by atoms with Gasteiger partial charge < -0.3 is 9.47 Å². The second-order valence-corrected chi connectivity index (χ2v) is 5.13. The summed E-state index contributed by atoms with van der Waals surface area (Å²) in [6.07, 6.45) is 3.34. The number of carbonyl (C=O) groups excluding carboxylic acids is 1. The van der Waals surface area contributed by atoms with E-state index >= 15 is 0 Å². The van der Waals surface area contributed by atoms with Gasteiger partial charge in [-0.1, -0.05) is 0 Å². The number of aromatic amines is 1. The topological polar surface area (TPSA) is 80.1 Å². The van der Waals surface area contributed by atoms with Gasteiger partial charge in [-0.05, 0) is 19.1 Å². The fraction of sp³-hybridized carbons (Fsp3) is 0.357. The third-order valence-corrected chi connectivity index (χ3v) is 3.86. The summed E-state index contributed by atoms with van der Waals surface area (Å²) in [5.74, 6) is -0.135. The van der Waals surface area contributed by atoms with Crippen molar-refractivity contribution in [1.82, 2.24) is 19.0 Å². The van der Waals surface area contributed by atoms with Crippen LogP contribution in [0.5, 0.6) is 0 Å². The van der Waals surface area contributed by atoms with E-state index in [1.54, 1.807) is 4.90 Å². The molecule has 0 saturated heterocycles. The predicted molar refractivity (Wildman–Crippen MR) is 75.9 cm³/mol. The highest BCUT2D eigenvalue weighted by atomic mass is 16.2. The van der Waals surface area contributed by atoms with Crippen molar-refractivity contribution in [2.45, 2.75) is 26.1 Å². The molecule has 1 atom stereocenters. The fourth-order valence-corrected chi connectivity index (χ4v) is 2.72. The lowest BCUT2D eigenvalue weighted by Gasteiger charge is -2.35. The van der Waals surface area contributed by atoms with Gasteiger partial charge in [0, 0.05) is 37.2 Å². The molecule has 0 spiro atoms. The van der Waals surface area contributed by atoms with Crippen LogP contribution < -0.4 is 11.2 Å². The molecule has 7 nitrogen and oxygen atoms in total. The fourth-order valence-electron chi connectivity index (χ4n) is 2.72. The molecule has 0 fully saturated rings. The Balaban J connectivity index is 1.80. The van der Waals surface area contributed by atoms with Gasteiger partial charge in [-0.25, -0.2) is 4.79 Å². The van der Waals surface area contributed by atoms with Crippen molar-refractivity contribution < 1.29 is 4.79 Å². The van der Waals surface area contributed by atoms with Gasteiger partial charge in [-0.15, -0.1) is 0 Å². The summed E-state index contributed by atoms with van der Waals surface area (Å²) in [5, 5.41) is 0. The number of rotatable bonds is 2. The maximum atomic E-state index is 12.4. The first-order chi connectivity index (χ1) is 10.1. The van der Waals surface area contributed by atoms with Gasteiger partial charge in [0.05, 0.1) is 6.04 Å². The lowest BCUT2D eigenvalue weighted by molar-refractivity contribution is -0.135. The third-order valence-electron chi connectivity index (χ3n) is 3.86. The Morgan fingerprint density at radius 2 is 2.10 bits per heavy atom. The number of aromatic nitrogens is 3. The zero-order chi connectivity index (χ0) is 15.0. The summed E-state index contributed by atoms with van der Waals surface area (Å²) < 4.78 is 3.34. The molecule has 1 aliphatic heterocycles. The van der Waals surface area contributed by atoms with Crippen molar-refractivity contribution >= 4 is 5.91 Å². The Hall–Kier alpha value is -2.57. The minimum Gasteiger partial charge on any atom is -0.348 e. The zero-order valence-corrected chi connectivity index (χ0v) is 11.7. The molecule has 2 aromatic rings. The molecule has 1 amide bonds. The molecule has 7 heteroatoms. The zero-order valence-electron chi connectivity index (χ0n) is 11.7. The van der Waals surface area contributed by atoms with Crippen molar-refractivity contribution in [2.75, 3.05) is 6.54 Å². The second-order valence-electron chi connectivity index (χ2n) is 5.13. The largest absolute Gasteiger partial charge is 0.348 e. The Kier molecular flexibility index (Phi) is 3.25. The van der Waals surface area contributed by atoms with E-state index in [2.05, 4.69) is 9.55 Å². The second kappa shape index (κ2) is 5.08. The SMILES string of the molecule is C[C@H]1c2cccn2CCN1C(=O)Cn1ccc(=O)[nH]c1=O. The third kappa shape index (κ3) is 2.42. The van der Waals surface area contributed by atoms with Gasteiger partial charge in [0.25, 0.3) is 5.56 Å². The predicted octanol–water partition coefficient (Wildman–Crippen LogP) is -0.0585. The van der Waals surface area contributed by atoms with Gasteiger partial charge in [0.2, 0.25) is 5.91 Å². The van der Waals surface area contributed by atoms with Crippen LogP contribution in [0.15, 0.2) is 40.2 Å². The van der Waals surface area contributed by atoms with Crippen molar-refractivity contribution in [3.63, 3.8) is 0 Å². The van der Waals surface area contributed by atoms with Gasteiger partial charge >= 0.3 is 5.69 Å². The molecule has 0 aromatic carbocycles. The summed E-state index contributed by atoms with van der Waals surface area (Å²) in [6, 6.07) is 5.17. The Morgan fingerprint density at radius 1 is 1.29 bits per heavy atom. The highest BCUT2D eigenvalue weighted by molar-refractivity contribution is 5.76. The normalized spacial score (nSPS) is 17.6. The van der Waals surface area contributed by atoms with Gasteiger partial charge in [0.1, 0.15) is 6.54 Å². The van der Waals surface area contributed by atoms with Crippen LogP contribution in [0, 0.1) is 0 Å². The summed E-state index contributed by atoms with van der Waals surface area (Å²) in [4.78, 5) is 39.0. The van der Waals surface area contributed by atoms with Crippen LogP contribution >= 0.6 is 0 Å². The van der Waals surface area contributed by atoms with E-state index in [1.807, 2.05) is 25.3 Å². The maximum Gasteiger partial charge on any atom is 0.328 e. The monoisotopic (exact) mass is 288 g/mol. The first-order valence-electron chi connectivity index (χ1n) is 6.80. The van der Waals surface area contributed by atoms with Crippen LogP contribution in [0.1, 0.15) is 18.7 Å². The minimum atomic E-state index is -0.566. The number of H-pyrrole nitrogens is 1. The molecular weight excluding hydrogens is 272 g/mol. The van der Waals surface area contributed by atoms with Crippen LogP contribution in [0.2, 0.25) is 0 Å². The molecule has 1 N–H and O–H groups in total. The number of hydrogen-bond donors (Lipinski definition) is 1. The molecule has 0 saturated carbocycles. The molecule has 0 aliphatic carbocycles. The quantitative estimate of drug-likeness (QED) is 0.841. The summed E-state index contributed by atoms with van der Waals surface area (Å²) >= 11 is 0. The average Bonchev–Trinajstić information content (AvgIpc) is 2.91. The molecule has 3 heterocycles. The molecule has 1 aliphatic rings. The van der Waals surface area contributed by atoms with Gasteiger partial charge in [-0.3, -0.25) is 19.1 Å². The highest BCUT2D eigenvalue weighted by Gasteiger charge is 2.27. The van der Waals surface area contributed by atoms with E-state index in [-0.39, 0.29) is 18.5 Å². The lowest BCUT2D eigenvalue weighted by Crippen LogP contribution is -2.43. The number of carbonyl (C=O) groups is 1. The van der Waals surface area contributed by atoms with Crippen LogP contribution in [0.4, 0.5) is 0 Å². The molecule has 2 aromatic heterocycles. The Morgan fingerprint density at radius 3 is 2.86 bits per heavy atom. The molecule has 0 radical (unpaired) electrons. The maximum absolute atomic E-state index is 12.4. The van der Waals surface area contributed by atoms with Gasteiger partial charge in [-0.2, -0.15) is 0 Å². The van der Waals surface area contributed by atoms with Crippen molar-refractivity contribution in [2.24, 2.45) is 0 Å². The first-order valence-corrected chi connectivity index (χ1v) is 6.80. The highest BCUT2D eigenvalue weighted by Crippen LogP contribution is 2.25. The Labute approximate surface area is 120 Å². The van der Waals surface area contributed by atoms with Crippen LogP contribution in [-0.4, -0.2) is 31.5 Å². The summed E-state index contributed by atoms with van der Waals surface area (Å²) in [6.45, 7) is 3.26. The number of amides is 1. The molecule has 0 bridgehead atoms. The van der Waals surface area contributed by atoms with Crippen molar-refractivity contribution in [3.8, 4) is 0 Å². The molecule has 0 unspecified atom stereocenters. The van der Waals surface area contributed by atoms with E-state index in [9.17, 15) is 14.4 Å². The smallest absolute Gasteiger partial charge is 0.328 e. The van der Waals surface area contributed by atoms with Crippen molar-refractivity contribution in [3.05, 3.63) is 57.1 Å². The van der Waals surface area contributed by atoms with E-state index in [1.165, 1.54) is 16.8 Å². The van der Waals surface area contributed by atoms with Crippen LogP contribution in [0.25, 0.3) is 0 Å². The molecule has 3 rings (SSSR count). The molecule has 110 valence electrons. The number of nitrogens with zero attached hydrogens (tertiary/aromatic N) is 3. The first kappa shape index (κ1) is 13.4. The van der Waals surface area contributed by atoms with Gasteiger partial charge in [0.15, 0.2) is 0 Å². The Bertz CT molecular complexity index is 786. The standard InChI is InChI=1S/C14H16N4O3/c1-10-11-3-2-5-16(11)7-8-18(10)13(20)9-17-6-4-12(19)15-14(17)21/h2-6,10H,7-9H2,1H3,(H,15,19,21)/t10-/m0/s1. The van der Waals surface area contributed by atoms with E-state index in [0.717, 1.165) is 12.2 Å². The number of fused-ring (bicyclic) bond motifs is 1. The summed E-state index contributed by atoms with van der Waals surface area (Å²) in [7, 11) is 0. The van der Waals surface area contributed by atoms with Crippen LogP contribution in [0.3, 0.4) is 0 Å². The van der Waals surface area contributed by atoms with E-state index in [4.69, 9.17) is 0 Å². The number of hydrogen-bond acceptors (Lipinski definition) is 3. The molecular formula is C14H16N4O3. The van der Waals surface area contributed by atoms with Crippen molar-refractivity contribution in [1.29, 1.82) is 0 Å². The van der Waals surface area contributed by atoms with Crippen LogP contribution in [-0.2, 0) is 17.9 Å². The van der Waals surface area contributed by atoms with E-state index < -0.39 is 11.2 Å². The average molecular weight is 288 g/mol. The number of nitrogens with one attached hydrogen (secondary N) is 1. The minimum absolute atomic E-state index is 0.0280.